The van der Waals surface area contributed by atoms with Gasteiger partial charge in [-0.15, -0.1) is 0 Å². The van der Waals surface area contributed by atoms with Crippen molar-refractivity contribution < 1.29 is 23.7 Å². The van der Waals surface area contributed by atoms with Crippen LogP contribution < -0.4 is 20.1 Å². The summed E-state index contributed by atoms with van der Waals surface area (Å²) in [7, 11) is 1.68. The van der Waals surface area contributed by atoms with Crippen molar-refractivity contribution in [1.82, 2.24) is 5.32 Å². The van der Waals surface area contributed by atoms with Crippen LogP contribution in [0.25, 0.3) is 0 Å². The number of nitrogens with zero attached hydrogens (tertiary/aromatic N) is 1. The van der Waals surface area contributed by atoms with E-state index in [4.69, 9.17) is 28.7 Å². The fourth-order valence-corrected chi connectivity index (χ4v) is 3.03. The highest BCUT2D eigenvalue weighted by atomic mass is 16.5. The Morgan fingerprint density at radius 2 is 1.87 bits per heavy atom. The van der Waals surface area contributed by atoms with Crippen LogP contribution in [0.5, 0.6) is 11.5 Å². The van der Waals surface area contributed by atoms with Gasteiger partial charge in [0.05, 0.1) is 26.4 Å². The zero-order valence-corrected chi connectivity index (χ0v) is 18.7. The molecule has 174 valence electrons. The van der Waals surface area contributed by atoms with Crippen molar-refractivity contribution in [2.24, 2.45) is 10.9 Å². The molecule has 0 amide bonds. The average molecular weight is 436 g/mol. The van der Waals surface area contributed by atoms with Crippen molar-refractivity contribution in [2.75, 3.05) is 71.8 Å². The minimum atomic E-state index is 0.619. The van der Waals surface area contributed by atoms with Crippen LogP contribution in [-0.4, -0.2) is 72.4 Å². The molecule has 2 aliphatic rings. The van der Waals surface area contributed by atoms with Crippen LogP contribution >= 0.6 is 0 Å². The van der Waals surface area contributed by atoms with E-state index in [0.717, 1.165) is 68.1 Å². The van der Waals surface area contributed by atoms with Gasteiger partial charge in [-0.25, -0.2) is 0 Å². The van der Waals surface area contributed by atoms with Gasteiger partial charge >= 0.3 is 0 Å². The first-order valence-corrected chi connectivity index (χ1v) is 11.4. The molecule has 1 saturated carbocycles. The third-order valence-corrected chi connectivity index (χ3v) is 4.97. The topological polar surface area (TPSA) is 82.6 Å². The Balaban J connectivity index is 1.46. The summed E-state index contributed by atoms with van der Waals surface area (Å²) in [5, 5.41) is 6.77. The van der Waals surface area contributed by atoms with E-state index < -0.39 is 0 Å². The second-order valence-corrected chi connectivity index (χ2v) is 7.82. The smallest absolute Gasteiger partial charge is 0.195 e. The van der Waals surface area contributed by atoms with Gasteiger partial charge in [-0.2, -0.15) is 0 Å². The van der Waals surface area contributed by atoms with Gasteiger partial charge in [0.15, 0.2) is 17.5 Å². The van der Waals surface area contributed by atoms with Crippen LogP contribution in [0.3, 0.4) is 0 Å². The Bertz CT molecular complexity index is 667. The van der Waals surface area contributed by atoms with Crippen molar-refractivity contribution in [3.05, 3.63) is 18.2 Å². The molecule has 0 saturated heterocycles. The van der Waals surface area contributed by atoms with Crippen LogP contribution in [0.15, 0.2) is 23.2 Å². The predicted octanol–water partition coefficient (Wildman–Crippen LogP) is 3.08. The molecule has 0 atom stereocenters. The van der Waals surface area contributed by atoms with Crippen molar-refractivity contribution in [1.29, 1.82) is 0 Å². The summed E-state index contributed by atoms with van der Waals surface area (Å²) in [5.74, 6) is 3.10. The van der Waals surface area contributed by atoms with Gasteiger partial charge in [0.1, 0.15) is 0 Å². The molecular formula is C23H37N3O5. The molecule has 0 aromatic heterocycles. The maximum Gasteiger partial charge on any atom is 0.195 e. The Hall–Kier alpha value is -2.03. The molecule has 0 bridgehead atoms. The molecule has 2 N–H and O–H groups in total. The molecular weight excluding hydrogens is 398 g/mol. The van der Waals surface area contributed by atoms with Gasteiger partial charge in [0, 0.05) is 58.2 Å². The van der Waals surface area contributed by atoms with Crippen molar-refractivity contribution in [2.45, 2.75) is 32.1 Å². The number of methoxy groups -OCH3 is 1. The molecule has 1 heterocycles. The van der Waals surface area contributed by atoms with Crippen molar-refractivity contribution in [3.63, 3.8) is 0 Å². The summed E-state index contributed by atoms with van der Waals surface area (Å²) in [6, 6.07) is 5.89. The first-order valence-electron chi connectivity index (χ1n) is 11.4. The number of rotatable bonds is 14. The highest BCUT2D eigenvalue weighted by Gasteiger charge is 2.20. The molecule has 0 spiro atoms. The molecule has 0 unspecified atom stereocenters. The minimum absolute atomic E-state index is 0.619. The van der Waals surface area contributed by atoms with Crippen LogP contribution in [0, 0.1) is 5.92 Å². The largest absolute Gasteiger partial charge is 0.490 e. The fraction of sp³-hybridized carbons (Fsp3) is 0.696. The molecule has 31 heavy (non-hydrogen) atoms. The molecule has 1 aromatic carbocycles. The van der Waals surface area contributed by atoms with E-state index in [1.54, 1.807) is 7.11 Å². The van der Waals surface area contributed by atoms with Gasteiger partial charge in [-0.3, -0.25) is 4.99 Å². The average Bonchev–Trinajstić information content (AvgIpc) is 3.62. The molecule has 8 heteroatoms. The van der Waals surface area contributed by atoms with Gasteiger partial charge in [0.2, 0.25) is 0 Å². The van der Waals surface area contributed by atoms with E-state index >= 15 is 0 Å². The zero-order chi connectivity index (χ0) is 21.6. The molecule has 1 aliphatic heterocycles. The Morgan fingerprint density at radius 1 is 1.03 bits per heavy atom. The summed E-state index contributed by atoms with van der Waals surface area (Å²) < 4.78 is 27.7. The number of benzene rings is 1. The highest BCUT2D eigenvalue weighted by Crippen LogP contribution is 2.32. The molecule has 1 aromatic rings. The van der Waals surface area contributed by atoms with E-state index in [9.17, 15) is 0 Å². The first-order chi connectivity index (χ1) is 15.3. The van der Waals surface area contributed by atoms with Crippen molar-refractivity contribution >= 4 is 11.6 Å². The van der Waals surface area contributed by atoms with Crippen LogP contribution in [-0.2, 0) is 14.2 Å². The standard InChI is InChI=1S/C23H37N3O5/c1-27-15-16-28-11-2-9-24-23(25-10-3-12-29-18-19-5-6-19)26-20-7-8-21-22(17-20)31-14-4-13-30-21/h7-8,17,19H,2-6,9-16,18H2,1H3,(H2,24,25,26). The Morgan fingerprint density at radius 3 is 2.71 bits per heavy atom. The molecule has 3 rings (SSSR count). The van der Waals surface area contributed by atoms with E-state index in [1.807, 2.05) is 18.2 Å². The van der Waals surface area contributed by atoms with E-state index in [1.165, 1.54) is 12.8 Å². The van der Waals surface area contributed by atoms with Gasteiger partial charge < -0.3 is 34.3 Å². The third-order valence-electron chi connectivity index (χ3n) is 4.97. The van der Waals surface area contributed by atoms with Gasteiger partial charge in [-0.1, -0.05) is 0 Å². The lowest BCUT2D eigenvalue weighted by Gasteiger charge is -2.15. The second kappa shape index (κ2) is 14.1. The number of aliphatic imine (C=N–C) groups is 1. The maximum atomic E-state index is 5.80. The quantitative estimate of drug-likeness (QED) is 0.264. The molecule has 8 nitrogen and oxygen atoms in total. The lowest BCUT2D eigenvalue weighted by molar-refractivity contribution is 0.0699. The summed E-state index contributed by atoms with van der Waals surface area (Å²) in [5.41, 5.74) is 0.914. The monoisotopic (exact) mass is 435 g/mol. The van der Waals surface area contributed by atoms with E-state index in [2.05, 4.69) is 10.6 Å². The third kappa shape index (κ3) is 9.76. The van der Waals surface area contributed by atoms with Crippen LogP contribution in [0.1, 0.15) is 32.1 Å². The maximum absolute atomic E-state index is 5.80. The van der Waals surface area contributed by atoms with E-state index in [-0.39, 0.29) is 0 Å². The number of ether oxygens (including phenoxy) is 5. The highest BCUT2D eigenvalue weighted by molar-refractivity contribution is 5.93. The Kier molecular flexibility index (Phi) is 10.8. The van der Waals surface area contributed by atoms with Gasteiger partial charge in [-0.05, 0) is 43.7 Å². The zero-order valence-electron chi connectivity index (χ0n) is 18.7. The molecule has 1 fully saturated rings. The number of fused-ring (bicyclic) bond motifs is 1. The van der Waals surface area contributed by atoms with E-state index in [0.29, 0.717) is 39.6 Å². The number of hydrogen-bond acceptors (Lipinski definition) is 6. The SMILES string of the molecule is COCCOCCCNC(=NCCCOCC1CC1)Nc1ccc2c(c1)OCCCO2. The predicted molar refractivity (Wildman–Crippen MR) is 121 cm³/mol. The van der Waals surface area contributed by atoms with Crippen molar-refractivity contribution in [3.8, 4) is 11.5 Å². The number of anilines is 1. The normalized spacial score (nSPS) is 16.1. The number of guanidine groups is 1. The number of nitrogens with one attached hydrogen (secondary N) is 2. The lowest BCUT2D eigenvalue weighted by Crippen LogP contribution is -2.32. The molecule has 1 aliphatic carbocycles. The summed E-state index contributed by atoms with van der Waals surface area (Å²) in [6.07, 6.45) is 5.32. The second-order valence-electron chi connectivity index (χ2n) is 7.82. The summed E-state index contributed by atoms with van der Waals surface area (Å²) in [6.45, 7) is 6.39. The van der Waals surface area contributed by atoms with Gasteiger partial charge in [0.25, 0.3) is 0 Å². The first kappa shape index (κ1) is 23.6. The fourth-order valence-electron chi connectivity index (χ4n) is 3.03. The Labute approximate surface area is 185 Å². The minimum Gasteiger partial charge on any atom is -0.490 e. The number of hydrogen-bond donors (Lipinski definition) is 2. The molecule has 0 radical (unpaired) electrons. The van der Waals surface area contributed by atoms with Crippen LogP contribution in [0.4, 0.5) is 5.69 Å². The lowest BCUT2D eigenvalue weighted by atomic mass is 10.2. The summed E-state index contributed by atoms with van der Waals surface area (Å²) in [4.78, 5) is 4.71. The summed E-state index contributed by atoms with van der Waals surface area (Å²) >= 11 is 0. The van der Waals surface area contributed by atoms with Crippen LogP contribution in [0.2, 0.25) is 0 Å².